The van der Waals surface area contributed by atoms with Crippen molar-refractivity contribution in [1.29, 1.82) is 0 Å². The van der Waals surface area contributed by atoms with Crippen molar-refractivity contribution < 1.29 is 0 Å². The zero-order valence-corrected chi connectivity index (χ0v) is 36.8. The van der Waals surface area contributed by atoms with Crippen LogP contribution in [0.3, 0.4) is 0 Å². The van der Waals surface area contributed by atoms with Crippen LogP contribution in [0.5, 0.6) is 0 Å². The van der Waals surface area contributed by atoms with E-state index in [0.717, 1.165) is 64.8 Å². The Morgan fingerprint density at radius 2 is 1.12 bits per heavy atom. The summed E-state index contributed by atoms with van der Waals surface area (Å²) >= 11 is 20.6. The summed E-state index contributed by atoms with van der Waals surface area (Å²) in [4.78, 5) is 29.0. The number of nitrogens with zero attached hydrogens (tertiary/aromatic N) is 7. The van der Waals surface area contributed by atoms with Crippen LogP contribution < -0.4 is 33.2 Å². The minimum Gasteiger partial charge on any atom is -0.382 e. The van der Waals surface area contributed by atoms with E-state index >= 15 is 0 Å². The normalized spacial score (nSPS) is 22.9. The molecule has 6 aliphatic rings. The maximum Gasteiger partial charge on any atom is 0.147 e. The lowest BCUT2D eigenvalue weighted by Crippen LogP contribution is -2.48. The van der Waals surface area contributed by atoms with Crippen LogP contribution in [0.25, 0.3) is 0 Å². The van der Waals surface area contributed by atoms with Gasteiger partial charge in [-0.05, 0) is 112 Å². The number of allylic oxidation sites excluding steroid dienone is 2. The first kappa shape index (κ1) is 42.5. The van der Waals surface area contributed by atoms with Crippen molar-refractivity contribution in [3.63, 3.8) is 0 Å². The number of anilines is 3. The topological polar surface area (TPSA) is 197 Å². The van der Waals surface area contributed by atoms with Crippen LogP contribution in [0.2, 0.25) is 15.2 Å². The Balaban J connectivity index is 0.000000136. The molecular weight excluding hydrogens is 843 g/mol. The Morgan fingerprint density at radius 1 is 0.627 bits per heavy atom. The Bertz CT molecular complexity index is 2150. The molecule has 4 aromatic heterocycles. The fraction of sp³-hybridized carbons (Fsp3) is 0.476. The van der Waals surface area contributed by atoms with E-state index in [4.69, 9.17) is 57.7 Å². The van der Waals surface area contributed by atoms with Gasteiger partial charge in [-0.2, -0.15) is 0 Å². The Labute approximate surface area is 369 Å². The predicted molar refractivity (Wildman–Crippen MR) is 240 cm³/mol. The van der Waals surface area contributed by atoms with Crippen LogP contribution >= 0.6 is 58.3 Å². The minimum absolute atomic E-state index is 0.250. The molecule has 17 heteroatoms. The highest BCUT2D eigenvalue weighted by Gasteiger charge is 2.48. The fourth-order valence-corrected chi connectivity index (χ4v) is 10.9. The van der Waals surface area contributed by atoms with Crippen LogP contribution in [0, 0.1) is 22.7 Å². The first-order chi connectivity index (χ1) is 28.5. The summed E-state index contributed by atoms with van der Waals surface area (Å²) in [6, 6.07) is 4.23. The summed E-state index contributed by atoms with van der Waals surface area (Å²) in [5.74, 6) is 3.20. The molecule has 0 bridgehead atoms. The van der Waals surface area contributed by atoms with Crippen molar-refractivity contribution in [3.8, 4) is 0 Å². The van der Waals surface area contributed by atoms with Gasteiger partial charge in [-0.1, -0.05) is 81.6 Å². The molecule has 0 radical (unpaired) electrons. The van der Waals surface area contributed by atoms with Gasteiger partial charge in [0.25, 0.3) is 0 Å². The monoisotopic (exact) mass is 892 g/mol. The third kappa shape index (κ3) is 9.80. The van der Waals surface area contributed by atoms with E-state index in [9.17, 15) is 0 Å². The average Bonchev–Trinajstić information content (AvgIpc) is 4.20. The third-order valence-corrected chi connectivity index (χ3v) is 15.9. The number of nitrogens with one attached hydrogen (secondary N) is 1. The van der Waals surface area contributed by atoms with E-state index < -0.39 is 0 Å². The van der Waals surface area contributed by atoms with Crippen molar-refractivity contribution in [2.45, 2.75) is 96.1 Å². The third-order valence-electron chi connectivity index (χ3n) is 12.7. The highest BCUT2D eigenvalue weighted by Crippen LogP contribution is 2.52. The molecule has 2 aliphatic heterocycles. The summed E-state index contributed by atoms with van der Waals surface area (Å²) in [5, 5.41) is 6.14. The molecule has 4 aliphatic carbocycles. The highest BCUT2D eigenvalue weighted by molar-refractivity contribution is 7.99. The second-order valence-electron chi connectivity index (χ2n) is 16.4. The molecule has 10 rings (SSSR count). The molecule has 6 heterocycles. The van der Waals surface area contributed by atoms with Gasteiger partial charge in [0.05, 0.1) is 34.8 Å². The largest absolute Gasteiger partial charge is 0.382 e. The van der Waals surface area contributed by atoms with Crippen molar-refractivity contribution in [2.75, 3.05) is 42.5 Å². The number of piperidine rings is 2. The summed E-state index contributed by atoms with van der Waals surface area (Å²) < 4.78 is 0. The van der Waals surface area contributed by atoms with Gasteiger partial charge in [0.15, 0.2) is 0 Å². The summed E-state index contributed by atoms with van der Waals surface area (Å²) in [6.45, 7) is 4.29. The SMILES string of the molecule is N[C@@H]1C(C2CC2)=CCC12CCNCC2.Nc1nccc(Sc2cnc(Cl)cn2)c1Cl.Nc1nccc(Sc2cnc(N3CCC4(CC=C(C5CC5)[C@H]4N)CC3)cn2)c1Cl. The van der Waals surface area contributed by atoms with Gasteiger partial charge in [0.2, 0.25) is 0 Å². The molecule has 0 unspecified atom stereocenters. The molecule has 312 valence electrons. The lowest BCUT2D eigenvalue weighted by molar-refractivity contribution is 0.189. The van der Waals surface area contributed by atoms with Crippen LogP contribution in [0.15, 0.2) is 92.5 Å². The van der Waals surface area contributed by atoms with E-state index in [0.29, 0.717) is 43.3 Å². The van der Waals surface area contributed by atoms with E-state index in [1.54, 1.807) is 36.4 Å². The standard InChI is InChI=1S/C21H25ClN6S.C12H20N2.C9H6Cl2N4S/c22-18-15(4-8-25-20(18)24)29-17-12-26-16(11-27-17)28-9-6-21(7-10-28)5-3-14(19(21)23)13-1-2-13;13-11-10(9-1-2-9)3-4-12(11)5-7-14-8-6-12;10-6-3-15-7(4-14-6)16-5-1-2-13-9(12)8(5)11/h3-4,8,11-13,19H,1-2,5-7,9-10,23H2,(H2,24,25);3,9,11,14H,1-2,4-8,13H2;1-4H,(H2,12,13)/t19-;11-;/m11./s1. The number of hydrogen-bond acceptors (Lipinski definition) is 14. The Hall–Kier alpha value is -3.21. The molecule has 2 atom stereocenters. The molecule has 0 aromatic carbocycles. The molecular formula is C42H51Cl3N12S2. The quantitative estimate of drug-likeness (QED) is 0.111. The van der Waals surface area contributed by atoms with Gasteiger partial charge in [-0.25, -0.2) is 29.9 Å². The molecule has 0 amide bonds. The summed E-state index contributed by atoms with van der Waals surface area (Å²) in [5.41, 5.74) is 28.3. The predicted octanol–water partition coefficient (Wildman–Crippen LogP) is 8.25. The molecule has 2 saturated heterocycles. The number of aromatic nitrogens is 6. The maximum absolute atomic E-state index is 6.69. The molecule has 4 aromatic rings. The van der Waals surface area contributed by atoms with Gasteiger partial charge in [0.1, 0.15) is 32.7 Å². The van der Waals surface area contributed by atoms with E-state index in [1.165, 1.54) is 93.3 Å². The number of hydrogen-bond donors (Lipinski definition) is 5. The van der Waals surface area contributed by atoms with Crippen molar-refractivity contribution in [1.82, 2.24) is 35.2 Å². The number of nitrogens with two attached hydrogens (primary N) is 4. The van der Waals surface area contributed by atoms with E-state index in [-0.39, 0.29) is 11.5 Å². The van der Waals surface area contributed by atoms with Crippen molar-refractivity contribution >= 4 is 75.8 Å². The zero-order valence-electron chi connectivity index (χ0n) is 32.9. The number of rotatable bonds is 7. The average molecular weight is 894 g/mol. The molecule has 4 fully saturated rings. The number of nitrogen functional groups attached to an aromatic ring is 2. The van der Waals surface area contributed by atoms with Crippen LogP contribution in [0.4, 0.5) is 17.5 Å². The number of halogens is 3. The first-order valence-corrected chi connectivity index (χ1v) is 23.1. The van der Waals surface area contributed by atoms with Crippen LogP contribution in [-0.2, 0) is 0 Å². The second-order valence-corrected chi connectivity index (χ2v) is 19.7. The summed E-state index contributed by atoms with van der Waals surface area (Å²) in [6.07, 6.45) is 27.5. The second kappa shape index (κ2) is 18.4. The van der Waals surface area contributed by atoms with Gasteiger partial charge in [-0.3, -0.25) is 0 Å². The maximum atomic E-state index is 6.69. The highest BCUT2D eigenvalue weighted by atomic mass is 35.5. The lowest BCUT2D eigenvalue weighted by Gasteiger charge is -2.43. The van der Waals surface area contributed by atoms with Gasteiger partial charge < -0.3 is 33.2 Å². The van der Waals surface area contributed by atoms with E-state index in [2.05, 4.69) is 52.3 Å². The summed E-state index contributed by atoms with van der Waals surface area (Å²) in [7, 11) is 0. The number of pyridine rings is 2. The Kier molecular flexibility index (Phi) is 13.3. The molecule has 9 N–H and O–H groups in total. The minimum atomic E-state index is 0.250. The Morgan fingerprint density at radius 3 is 1.58 bits per heavy atom. The van der Waals surface area contributed by atoms with Gasteiger partial charge >= 0.3 is 0 Å². The van der Waals surface area contributed by atoms with Crippen molar-refractivity contribution in [2.24, 2.45) is 34.1 Å². The van der Waals surface area contributed by atoms with Crippen molar-refractivity contribution in [3.05, 3.63) is 87.8 Å². The lowest BCUT2D eigenvalue weighted by atomic mass is 9.72. The van der Waals surface area contributed by atoms with E-state index in [1.807, 2.05) is 12.3 Å². The zero-order chi connectivity index (χ0) is 41.1. The van der Waals surface area contributed by atoms with Gasteiger partial charge in [0, 0.05) is 47.4 Å². The molecule has 2 spiro atoms. The van der Waals surface area contributed by atoms with Crippen LogP contribution in [0.1, 0.15) is 64.2 Å². The molecule has 59 heavy (non-hydrogen) atoms. The van der Waals surface area contributed by atoms with Crippen LogP contribution in [-0.4, -0.2) is 68.2 Å². The molecule has 2 saturated carbocycles. The first-order valence-electron chi connectivity index (χ1n) is 20.4. The fourth-order valence-electron chi connectivity index (χ4n) is 8.81. The smallest absolute Gasteiger partial charge is 0.147 e. The van der Waals surface area contributed by atoms with Gasteiger partial charge in [-0.15, -0.1) is 0 Å². The molecule has 12 nitrogen and oxygen atoms in total.